The van der Waals surface area contributed by atoms with Crippen LogP contribution in [0.5, 0.6) is 5.75 Å². The van der Waals surface area contributed by atoms with E-state index < -0.39 is 0 Å². The monoisotopic (exact) mass is 268 g/mol. The lowest BCUT2D eigenvalue weighted by molar-refractivity contribution is 0.457. The molecule has 0 saturated heterocycles. The Morgan fingerprint density at radius 2 is 2.10 bits per heavy atom. The van der Waals surface area contributed by atoms with Gasteiger partial charge in [-0.3, -0.25) is 5.10 Å². The number of fused-ring (bicyclic) bond motifs is 1. The minimum atomic E-state index is 0.0182. The predicted molar refractivity (Wildman–Crippen MR) is 77.3 cm³/mol. The molecule has 3 rings (SSSR count). The molecule has 1 atom stereocenters. The first-order valence-corrected chi connectivity index (χ1v) is 6.54. The van der Waals surface area contributed by atoms with E-state index in [1.807, 2.05) is 43.3 Å². The van der Waals surface area contributed by atoms with Crippen LogP contribution >= 0.6 is 0 Å². The number of aromatic nitrogens is 3. The summed E-state index contributed by atoms with van der Waals surface area (Å²) in [7, 11) is 0. The third-order valence-electron chi connectivity index (χ3n) is 3.44. The SMILES string of the molecule is CC(NCc1ncn[nH]1)c1ccc2ccccc2c1O. The summed E-state index contributed by atoms with van der Waals surface area (Å²) in [5.74, 6) is 1.11. The highest BCUT2D eigenvalue weighted by Gasteiger charge is 2.12. The molecule has 0 aliphatic carbocycles. The molecule has 0 bridgehead atoms. The maximum atomic E-state index is 10.4. The average molecular weight is 268 g/mol. The summed E-state index contributed by atoms with van der Waals surface area (Å²) in [4.78, 5) is 4.06. The predicted octanol–water partition coefficient (Wildman–Crippen LogP) is 2.51. The van der Waals surface area contributed by atoms with Crippen LogP contribution in [-0.4, -0.2) is 20.3 Å². The minimum Gasteiger partial charge on any atom is -0.507 e. The number of aromatic amines is 1. The zero-order chi connectivity index (χ0) is 13.9. The number of hydrogen-bond acceptors (Lipinski definition) is 4. The van der Waals surface area contributed by atoms with Gasteiger partial charge in [0.2, 0.25) is 0 Å². The number of benzene rings is 2. The maximum Gasteiger partial charge on any atom is 0.138 e. The van der Waals surface area contributed by atoms with Gasteiger partial charge in [0.05, 0.1) is 6.54 Å². The fraction of sp³-hybridized carbons (Fsp3) is 0.200. The summed E-state index contributed by atoms with van der Waals surface area (Å²) in [6.07, 6.45) is 1.48. The van der Waals surface area contributed by atoms with Crippen molar-refractivity contribution in [3.05, 3.63) is 54.1 Å². The van der Waals surface area contributed by atoms with E-state index in [0.29, 0.717) is 12.3 Å². The van der Waals surface area contributed by atoms with Crippen LogP contribution in [0.3, 0.4) is 0 Å². The van der Waals surface area contributed by atoms with Gasteiger partial charge in [0.1, 0.15) is 17.9 Å². The Hall–Kier alpha value is -2.40. The van der Waals surface area contributed by atoms with Crippen molar-refractivity contribution in [2.45, 2.75) is 19.5 Å². The van der Waals surface area contributed by atoms with E-state index in [1.165, 1.54) is 6.33 Å². The third kappa shape index (κ3) is 2.35. The second-order valence-electron chi connectivity index (χ2n) is 4.76. The zero-order valence-electron chi connectivity index (χ0n) is 11.2. The summed E-state index contributed by atoms with van der Waals surface area (Å²) >= 11 is 0. The number of phenols is 1. The molecular formula is C15H16N4O. The summed E-state index contributed by atoms with van der Waals surface area (Å²) in [6.45, 7) is 2.59. The summed E-state index contributed by atoms with van der Waals surface area (Å²) in [5.41, 5.74) is 0.878. The topological polar surface area (TPSA) is 73.8 Å². The summed E-state index contributed by atoms with van der Waals surface area (Å²) in [5, 5.41) is 22.2. The van der Waals surface area contributed by atoms with E-state index in [9.17, 15) is 5.11 Å². The van der Waals surface area contributed by atoms with Crippen LogP contribution in [0, 0.1) is 0 Å². The summed E-state index contributed by atoms with van der Waals surface area (Å²) in [6, 6.07) is 11.8. The number of aromatic hydroxyl groups is 1. The molecule has 1 aromatic heterocycles. The van der Waals surface area contributed by atoms with E-state index in [-0.39, 0.29) is 6.04 Å². The van der Waals surface area contributed by atoms with Crippen LogP contribution in [-0.2, 0) is 6.54 Å². The van der Waals surface area contributed by atoms with Crippen molar-refractivity contribution in [3.63, 3.8) is 0 Å². The van der Waals surface area contributed by atoms with E-state index in [1.54, 1.807) is 0 Å². The molecule has 0 saturated carbocycles. The van der Waals surface area contributed by atoms with Gasteiger partial charge in [-0.2, -0.15) is 5.10 Å². The van der Waals surface area contributed by atoms with E-state index >= 15 is 0 Å². The van der Waals surface area contributed by atoms with Gasteiger partial charge in [0, 0.05) is 17.0 Å². The molecule has 3 aromatic rings. The minimum absolute atomic E-state index is 0.0182. The van der Waals surface area contributed by atoms with Crippen LogP contribution in [0.15, 0.2) is 42.7 Å². The highest BCUT2D eigenvalue weighted by Crippen LogP contribution is 2.32. The molecule has 5 heteroatoms. The van der Waals surface area contributed by atoms with Gasteiger partial charge < -0.3 is 10.4 Å². The number of phenolic OH excluding ortho intramolecular Hbond substituents is 1. The molecule has 0 spiro atoms. The van der Waals surface area contributed by atoms with Crippen LogP contribution in [0.1, 0.15) is 24.4 Å². The molecule has 0 radical (unpaired) electrons. The Labute approximate surface area is 116 Å². The highest BCUT2D eigenvalue weighted by atomic mass is 16.3. The molecule has 20 heavy (non-hydrogen) atoms. The van der Waals surface area contributed by atoms with Gasteiger partial charge in [-0.05, 0) is 12.3 Å². The largest absolute Gasteiger partial charge is 0.507 e. The fourth-order valence-corrected chi connectivity index (χ4v) is 2.30. The Bertz CT molecular complexity index is 709. The standard InChI is InChI=1S/C15H16N4O/c1-10(16-8-14-17-9-18-19-14)12-7-6-11-4-2-3-5-13(11)15(12)20/h2-7,9-10,16,20H,8H2,1H3,(H,17,18,19). The first-order valence-electron chi connectivity index (χ1n) is 6.54. The van der Waals surface area contributed by atoms with Crippen molar-refractivity contribution in [1.82, 2.24) is 20.5 Å². The van der Waals surface area contributed by atoms with Crippen molar-refractivity contribution in [3.8, 4) is 5.75 Å². The van der Waals surface area contributed by atoms with Gasteiger partial charge in [0.25, 0.3) is 0 Å². The van der Waals surface area contributed by atoms with Crippen LogP contribution in [0.4, 0.5) is 0 Å². The summed E-state index contributed by atoms with van der Waals surface area (Å²) < 4.78 is 0. The van der Waals surface area contributed by atoms with Crippen molar-refractivity contribution in [2.24, 2.45) is 0 Å². The maximum absolute atomic E-state index is 10.4. The van der Waals surface area contributed by atoms with E-state index in [2.05, 4.69) is 20.5 Å². The molecule has 1 heterocycles. The van der Waals surface area contributed by atoms with Gasteiger partial charge in [-0.1, -0.05) is 36.4 Å². The lowest BCUT2D eigenvalue weighted by Crippen LogP contribution is -2.19. The third-order valence-corrected chi connectivity index (χ3v) is 3.44. The quantitative estimate of drug-likeness (QED) is 0.679. The van der Waals surface area contributed by atoms with Crippen LogP contribution in [0.2, 0.25) is 0 Å². The molecule has 2 aromatic carbocycles. The lowest BCUT2D eigenvalue weighted by atomic mass is 10.0. The molecule has 5 nitrogen and oxygen atoms in total. The van der Waals surface area contributed by atoms with Gasteiger partial charge in [0.15, 0.2) is 0 Å². The Kier molecular flexibility index (Phi) is 3.35. The Morgan fingerprint density at radius 1 is 1.25 bits per heavy atom. The van der Waals surface area contributed by atoms with Crippen molar-refractivity contribution in [2.75, 3.05) is 0 Å². The van der Waals surface area contributed by atoms with Crippen molar-refractivity contribution in [1.29, 1.82) is 0 Å². The molecule has 1 unspecified atom stereocenters. The first-order chi connectivity index (χ1) is 9.75. The average Bonchev–Trinajstić information content (AvgIpc) is 2.99. The molecule has 102 valence electrons. The molecular weight excluding hydrogens is 252 g/mol. The van der Waals surface area contributed by atoms with Crippen LogP contribution in [0.25, 0.3) is 10.8 Å². The number of nitrogens with zero attached hydrogens (tertiary/aromatic N) is 2. The normalized spacial score (nSPS) is 12.7. The number of H-pyrrole nitrogens is 1. The van der Waals surface area contributed by atoms with Crippen LogP contribution < -0.4 is 5.32 Å². The van der Waals surface area contributed by atoms with E-state index in [0.717, 1.165) is 22.2 Å². The highest BCUT2D eigenvalue weighted by molar-refractivity contribution is 5.89. The smallest absolute Gasteiger partial charge is 0.138 e. The Balaban J connectivity index is 1.84. The second-order valence-corrected chi connectivity index (χ2v) is 4.76. The van der Waals surface area contributed by atoms with Crippen molar-refractivity contribution >= 4 is 10.8 Å². The molecule has 0 fully saturated rings. The first kappa shape index (κ1) is 12.6. The van der Waals surface area contributed by atoms with E-state index in [4.69, 9.17) is 0 Å². The second kappa shape index (κ2) is 5.30. The number of rotatable bonds is 4. The number of nitrogens with one attached hydrogen (secondary N) is 2. The zero-order valence-corrected chi connectivity index (χ0v) is 11.2. The lowest BCUT2D eigenvalue weighted by Gasteiger charge is -2.16. The molecule has 3 N–H and O–H groups in total. The van der Waals surface area contributed by atoms with Crippen molar-refractivity contribution < 1.29 is 5.11 Å². The van der Waals surface area contributed by atoms with Gasteiger partial charge in [-0.15, -0.1) is 0 Å². The molecule has 0 aliphatic heterocycles. The Morgan fingerprint density at radius 3 is 2.90 bits per heavy atom. The van der Waals surface area contributed by atoms with Gasteiger partial charge in [-0.25, -0.2) is 4.98 Å². The molecule has 0 aliphatic rings. The number of hydrogen-bond donors (Lipinski definition) is 3. The fourth-order valence-electron chi connectivity index (χ4n) is 2.30. The molecule has 0 amide bonds. The van der Waals surface area contributed by atoms with Gasteiger partial charge >= 0.3 is 0 Å².